The van der Waals surface area contributed by atoms with E-state index in [2.05, 4.69) is 33.2 Å². The lowest BCUT2D eigenvalue weighted by Gasteiger charge is -2.30. The first-order valence-electron chi connectivity index (χ1n) is 13.3. The third kappa shape index (κ3) is 5.89. The average Bonchev–Trinajstić information content (AvgIpc) is 2.99. The second kappa shape index (κ2) is 12.2. The van der Waals surface area contributed by atoms with Crippen molar-refractivity contribution in [1.82, 2.24) is 9.97 Å². The minimum absolute atomic E-state index is 0.290. The predicted molar refractivity (Wildman–Crippen MR) is 167 cm³/mol. The number of benzene rings is 3. The summed E-state index contributed by atoms with van der Waals surface area (Å²) < 4.78 is 10.8. The van der Waals surface area contributed by atoms with E-state index in [1.807, 2.05) is 31.2 Å². The number of anilines is 4. The first-order valence-corrected chi connectivity index (χ1v) is 14.1. The number of hydrogen-bond donors (Lipinski definition) is 2. The number of ether oxygens (including phenoxy) is 2. The van der Waals surface area contributed by atoms with Crippen molar-refractivity contribution in [2.75, 3.05) is 42.8 Å². The van der Waals surface area contributed by atoms with E-state index in [0.717, 1.165) is 53.8 Å². The van der Waals surface area contributed by atoms with E-state index in [1.165, 1.54) is 26.7 Å². The highest BCUT2D eigenvalue weighted by Crippen LogP contribution is 2.46. The summed E-state index contributed by atoms with van der Waals surface area (Å²) in [7, 11) is 3.08. The number of amides is 1. The second-order valence-electron chi connectivity index (χ2n) is 9.80. The fourth-order valence-corrected chi connectivity index (χ4v) is 5.77. The standard InChI is InChI=1S/C31H31Cl2N5O3/c1-5-26(39)35-23-15-21(38-11-7-6-8-12-38)13-18(2)30(23)37-31-34-17-20-14-19(9-10-22(20)36-31)27-28(32)24(40-3)16-25(41-4)29(27)33/h5,9-10,13-17H,1,6-8,11-12H2,2-4H3,(H,35,39)(H,34,36,37). The third-order valence-corrected chi connectivity index (χ3v) is 7.91. The van der Waals surface area contributed by atoms with E-state index in [-0.39, 0.29) is 5.91 Å². The molecular formula is C31H31Cl2N5O3. The molecule has 2 heterocycles. The molecule has 0 atom stereocenters. The van der Waals surface area contributed by atoms with Crippen molar-refractivity contribution in [1.29, 1.82) is 0 Å². The largest absolute Gasteiger partial charge is 0.495 e. The molecule has 1 aromatic heterocycles. The maximum absolute atomic E-state index is 12.3. The average molecular weight is 593 g/mol. The number of piperidine rings is 1. The summed E-state index contributed by atoms with van der Waals surface area (Å²) in [6.45, 7) is 7.59. The van der Waals surface area contributed by atoms with Gasteiger partial charge in [0, 0.05) is 42.0 Å². The summed E-state index contributed by atoms with van der Waals surface area (Å²) in [6.07, 6.45) is 6.54. The zero-order valence-electron chi connectivity index (χ0n) is 23.2. The first kappa shape index (κ1) is 28.5. The van der Waals surface area contributed by atoms with Crippen LogP contribution < -0.4 is 25.0 Å². The number of fused-ring (bicyclic) bond motifs is 1. The van der Waals surface area contributed by atoms with Gasteiger partial charge in [-0.15, -0.1) is 0 Å². The summed E-state index contributed by atoms with van der Waals surface area (Å²) in [5, 5.41) is 7.83. The molecule has 10 heteroatoms. The van der Waals surface area contributed by atoms with E-state index in [1.54, 1.807) is 12.3 Å². The molecule has 0 aliphatic carbocycles. The maximum Gasteiger partial charge on any atom is 0.247 e. The Kier molecular flexibility index (Phi) is 8.52. The van der Waals surface area contributed by atoms with Gasteiger partial charge in [0.15, 0.2) is 0 Å². The molecule has 41 heavy (non-hydrogen) atoms. The van der Waals surface area contributed by atoms with Crippen LogP contribution in [-0.4, -0.2) is 43.2 Å². The van der Waals surface area contributed by atoms with Crippen LogP contribution in [0.3, 0.4) is 0 Å². The van der Waals surface area contributed by atoms with Crippen LogP contribution >= 0.6 is 23.2 Å². The van der Waals surface area contributed by atoms with Crippen LogP contribution in [0.25, 0.3) is 22.0 Å². The van der Waals surface area contributed by atoms with Gasteiger partial charge in [0.1, 0.15) is 11.5 Å². The minimum Gasteiger partial charge on any atom is -0.495 e. The van der Waals surface area contributed by atoms with Crippen LogP contribution in [0, 0.1) is 6.92 Å². The Morgan fingerprint density at radius 1 is 1.02 bits per heavy atom. The van der Waals surface area contributed by atoms with Gasteiger partial charge in [-0.05, 0) is 67.7 Å². The number of hydrogen-bond acceptors (Lipinski definition) is 7. The third-order valence-electron chi connectivity index (χ3n) is 7.16. The number of aromatic nitrogens is 2. The van der Waals surface area contributed by atoms with Crippen LogP contribution in [0.4, 0.5) is 23.0 Å². The smallest absolute Gasteiger partial charge is 0.247 e. The van der Waals surface area contributed by atoms with Crippen molar-refractivity contribution in [3.63, 3.8) is 0 Å². The Hall–Kier alpha value is -4.01. The zero-order chi connectivity index (χ0) is 29.1. The van der Waals surface area contributed by atoms with Gasteiger partial charge in [-0.25, -0.2) is 9.97 Å². The molecule has 212 valence electrons. The number of rotatable bonds is 8. The molecule has 0 radical (unpaired) electrons. The quantitative estimate of drug-likeness (QED) is 0.202. The van der Waals surface area contributed by atoms with Gasteiger partial charge in [-0.1, -0.05) is 35.8 Å². The molecule has 1 saturated heterocycles. The molecular weight excluding hydrogens is 561 g/mol. The highest BCUT2D eigenvalue weighted by Gasteiger charge is 2.20. The first-order chi connectivity index (χ1) is 19.8. The van der Waals surface area contributed by atoms with Gasteiger partial charge < -0.3 is 25.0 Å². The Bertz CT molecular complexity index is 1610. The van der Waals surface area contributed by atoms with Crippen molar-refractivity contribution in [3.05, 3.63) is 70.9 Å². The highest BCUT2D eigenvalue weighted by molar-refractivity contribution is 6.41. The van der Waals surface area contributed by atoms with Gasteiger partial charge in [0.2, 0.25) is 11.9 Å². The molecule has 1 fully saturated rings. The lowest BCUT2D eigenvalue weighted by Crippen LogP contribution is -2.29. The Morgan fingerprint density at radius 3 is 2.39 bits per heavy atom. The van der Waals surface area contributed by atoms with Gasteiger partial charge in [0.05, 0.1) is 41.2 Å². The highest BCUT2D eigenvalue weighted by atomic mass is 35.5. The fourth-order valence-electron chi connectivity index (χ4n) is 5.05. The molecule has 3 aromatic carbocycles. The van der Waals surface area contributed by atoms with E-state index in [9.17, 15) is 4.79 Å². The topological polar surface area (TPSA) is 88.6 Å². The van der Waals surface area contributed by atoms with E-state index < -0.39 is 0 Å². The van der Waals surface area contributed by atoms with E-state index in [4.69, 9.17) is 37.7 Å². The summed E-state index contributed by atoms with van der Waals surface area (Å²) in [4.78, 5) is 23.9. The summed E-state index contributed by atoms with van der Waals surface area (Å²) in [5.74, 6) is 1.02. The monoisotopic (exact) mass is 591 g/mol. The minimum atomic E-state index is -0.290. The number of carbonyl (C=O) groups is 1. The lowest BCUT2D eigenvalue weighted by atomic mass is 10.0. The van der Waals surface area contributed by atoms with Crippen LogP contribution in [0.15, 0.2) is 55.3 Å². The molecule has 0 saturated carbocycles. The summed E-state index contributed by atoms with van der Waals surface area (Å²) in [5.41, 5.74) is 5.49. The van der Waals surface area contributed by atoms with Crippen molar-refractivity contribution >= 4 is 63.0 Å². The molecule has 2 N–H and O–H groups in total. The molecule has 1 aliphatic rings. The van der Waals surface area contributed by atoms with E-state index >= 15 is 0 Å². The normalized spacial score (nSPS) is 13.1. The van der Waals surface area contributed by atoms with Crippen LogP contribution in [0.2, 0.25) is 10.0 Å². The number of nitrogens with zero attached hydrogens (tertiary/aromatic N) is 3. The number of aryl methyl sites for hydroxylation is 1. The van der Waals surface area contributed by atoms with Crippen LogP contribution in [-0.2, 0) is 4.79 Å². The van der Waals surface area contributed by atoms with Crippen LogP contribution in [0.1, 0.15) is 24.8 Å². The number of methoxy groups -OCH3 is 2. The summed E-state index contributed by atoms with van der Waals surface area (Å²) >= 11 is 13.3. The molecule has 8 nitrogen and oxygen atoms in total. The van der Waals surface area contributed by atoms with Gasteiger partial charge >= 0.3 is 0 Å². The lowest BCUT2D eigenvalue weighted by molar-refractivity contribution is -0.111. The van der Waals surface area contributed by atoms with Crippen molar-refractivity contribution in [2.45, 2.75) is 26.2 Å². The second-order valence-corrected chi connectivity index (χ2v) is 10.6. The SMILES string of the molecule is C=CC(=O)Nc1cc(N2CCCCC2)cc(C)c1Nc1ncc2cc(-c3c(Cl)c(OC)cc(OC)c3Cl)ccc2n1. The maximum atomic E-state index is 12.3. The molecule has 0 unspecified atom stereocenters. The predicted octanol–water partition coefficient (Wildman–Crippen LogP) is 7.79. The van der Waals surface area contributed by atoms with E-state index in [0.29, 0.717) is 44.3 Å². The van der Waals surface area contributed by atoms with Crippen molar-refractivity contribution in [2.24, 2.45) is 0 Å². The van der Waals surface area contributed by atoms with Crippen LogP contribution in [0.5, 0.6) is 11.5 Å². The number of nitrogens with one attached hydrogen (secondary N) is 2. The van der Waals surface area contributed by atoms with Crippen molar-refractivity contribution in [3.8, 4) is 22.6 Å². The number of halogens is 2. The molecule has 4 aromatic rings. The summed E-state index contributed by atoms with van der Waals surface area (Å²) in [6, 6.07) is 11.5. The fraction of sp³-hybridized carbons (Fsp3) is 0.258. The Morgan fingerprint density at radius 2 is 1.73 bits per heavy atom. The number of carbonyl (C=O) groups excluding carboxylic acids is 1. The van der Waals surface area contributed by atoms with Crippen molar-refractivity contribution < 1.29 is 14.3 Å². The van der Waals surface area contributed by atoms with Gasteiger partial charge in [-0.2, -0.15) is 0 Å². The Labute approximate surface area is 249 Å². The molecule has 0 spiro atoms. The molecule has 0 bridgehead atoms. The Balaban J connectivity index is 1.50. The van der Waals surface area contributed by atoms with Gasteiger partial charge in [0.25, 0.3) is 0 Å². The zero-order valence-corrected chi connectivity index (χ0v) is 24.7. The van der Waals surface area contributed by atoms with Gasteiger partial charge in [-0.3, -0.25) is 4.79 Å². The molecule has 1 amide bonds. The molecule has 5 rings (SSSR count). The molecule has 1 aliphatic heterocycles.